The highest BCUT2D eigenvalue weighted by Gasteiger charge is 2.31. The summed E-state index contributed by atoms with van der Waals surface area (Å²) in [7, 11) is 0. The van der Waals surface area contributed by atoms with Gasteiger partial charge in [-0.15, -0.1) is 0 Å². The van der Waals surface area contributed by atoms with Gasteiger partial charge in [-0.2, -0.15) is 0 Å². The Morgan fingerprint density at radius 1 is 1.45 bits per heavy atom. The zero-order valence-corrected chi connectivity index (χ0v) is 12.1. The third kappa shape index (κ3) is 3.61. The number of nitrogens with zero attached hydrogens (tertiary/aromatic N) is 1. The Kier molecular flexibility index (Phi) is 5.20. The Hall–Kier alpha value is -1.79. The number of benzene rings is 1. The summed E-state index contributed by atoms with van der Waals surface area (Å²) in [5.74, 6) is 6.34. The summed E-state index contributed by atoms with van der Waals surface area (Å²) in [6.07, 6.45) is 2.10. The molecule has 0 saturated carbocycles. The summed E-state index contributed by atoms with van der Waals surface area (Å²) in [6, 6.07) is 9.88. The number of likely N-dealkylation sites (tertiary alicyclic amines) is 1. The summed E-state index contributed by atoms with van der Waals surface area (Å²) in [5.41, 5.74) is 1.02. The number of esters is 1. The van der Waals surface area contributed by atoms with Crippen LogP contribution in [0.1, 0.15) is 32.3 Å². The lowest BCUT2D eigenvalue weighted by atomic mass is 10.1. The summed E-state index contributed by atoms with van der Waals surface area (Å²) in [5, 5.41) is 0. The quantitative estimate of drug-likeness (QED) is 0.625. The fourth-order valence-electron chi connectivity index (χ4n) is 2.49. The van der Waals surface area contributed by atoms with Gasteiger partial charge in [0, 0.05) is 12.1 Å². The lowest BCUT2D eigenvalue weighted by molar-refractivity contribution is -0.148. The minimum atomic E-state index is -0.215. The molecule has 0 N–H and O–H groups in total. The first-order valence-corrected chi connectivity index (χ1v) is 7.21. The molecular formula is C17H21NO2. The van der Waals surface area contributed by atoms with Gasteiger partial charge in [0.05, 0.1) is 12.6 Å². The van der Waals surface area contributed by atoms with Crippen molar-refractivity contribution in [2.24, 2.45) is 0 Å². The zero-order chi connectivity index (χ0) is 14.4. The summed E-state index contributed by atoms with van der Waals surface area (Å²) >= 11 is 0. The molecule has 1 fully saturated rings. The molecule has 1 aliphatic heterocycles. The molecule has 0 amide bonds. The summed E-state index contributed by atoms with van der Waals surface area (Å²) in [4.78, 5) is 14.0. The number of rotatable bonds is 3. The van der Waals surface area contributed by atoms with Crippen LogP contribution in [0.5, 0.6) is 0 Å². The van der Waals surface area contributed by atoms with Crippen LogP contribution in [-0.2, 0) is 9.53 Å². The van der Waals surface area contributed by atoms with Gasteiger partial charge in [0.15, 0.2) is 0 Å². The van der Waals surface area contributed by atoms with Gasteiger partial charge >= 0.3 is 5.97 Å². The smallest absolute Gasteiger partial charge is 0.323 e. The van der Waals surface area contributed by atoms with Crippen LogP contribution in [0.2, 0.25) is 0 Å². The predicted molar refractivity (Wildman–Crippen MR) is 79.1 cm³/mol. The third-order valence-corrected chi connectivity index (χ3v) is 3.58. The fourth-order valence-corrected chi connectivity index (χ4v) is 2.49. The van der Waals surface area contributed by atoms with Crippen molar-refractivity contribution >= 4 is 5.97 Å². The Balaban J connectivity index is 2.04. The van der Waals surface area contributed by atoms with Gasteiger partial charge in [-0.05, 0) is 38.8 Å². The van der Waals surface area contributed by atoms with Crippen LogP contribution in [0.25, 0.3) is 0 Å². The molecule has 0 bridgehead atoms. The van der Waals surface area contributed by atoms with Gasteiger partial charge in [0.2, 0.25) is 0 Å². The lowest BCUT2D eigenvalue weighted by Crippen LogP contribution is -2.42. The van der Waals surface area contributed by atoms with Crippen LogP contribution < -0.4 is 0 Å². The molecule has 1 aromatic carbocycles. The van der Waals surface area contributed by atoms with Gasteiger partial charge in [-0.1, -0.05) is 30.0 Å². The van der Waals surface area contributed by atoms with Crippen molar-refractivity contribution < 1.29 is 9.53 Å². The minimum Gasteiger partial charge on any atom is -0.465 e. The number of carbonyl (C=O) groups is 1. The van der Waals surface area contributed by atoms with Gasteiger partial charge in [-0.3, -0.25) is 9.69 Å². The molecule has 0 spiro atoms. The topological polar surface area (TPSA) is 29.5 Å². The standard InChI is InChI=1S/C17H21NO2/c1-3-20-17(19)14(2)18-13-7-10-16(18)12-11-15-8-5-4-6-9-15/h4-6,8-9,14,16H,3,7,10,13H2,1-2H3. The fraction of sp³-hybridized carbons (Fsp3) is 0.471. The van der Waals surface area contributed by atoms with E-state index in [1.54, 1.807) is 0 Å². The van der Waals surface area contributed by atoms with Gasteiger partial charge in [0.25, 0.3) is 0 Å². The molecule has 1 aromatic rings. The molecule has 2 rings (SSSR count). The largest absolute Gasteiger partial charge is 0.465 e. The van der Waals surface area contributed by atoms with E-state index in [1.165, 1.54) is 0 Å². The molecule has 2 atom stereocenters. The Morgan fingerprint density at radius 2 is 2.20 bits per heavy atom. The molecule has 1 aliphatic rings. The number of hydrogen-bond donors (Lipinski definition) is 0. The highest BCUT2D eigenvalue weighted by Crippen LogP contribution is 2.20. The molecule has 0 aliphatic carbocycles. The van der Waals surface area contributed by atoms with Crippen molar-refractivity contribution in [3.63, 3.8) is 0 Å². The molecule has 106 valence electrons. The maximum absolute atomic E-state index is 11.8. The van der Waals surface area contributed by atoms with E-state index in [2.05, 4.69) is 16.7 Å². The lowest BCUT2D eigenvalue weighted by Gasteiger charge is -2.25. The zero-order valence-electron chi connectivity index (χ0n) is 12.1. The van der Waals surface area contributed by atoms with Crippen molar-refractivity contribution in [3.05, 3.63) is 35.9 Å². The monoisotopic (exact) mass is 271 g/mol. The van der Waals surface area contributed by atoms with Crippen molar-refractivity contribution in [2.45, 2.75) is 38.8 Å². The average molecular weight is 271 g/mol. The number of hydrogen-bond acceptors (Lipinski definition) is 3. The average Bonchev–Trinajstić information content (AvgIpc) is 2.94. The van der Waals surface area contributed by atoms with Crippen LogP contribution in [-0.4, -0.2) is 36.1 Å². The Labute approximate surface area is 120 Å². The summed E-state index contributed by atoms with van der Waals surface area (Å²) < 4.78 is 5.10. The molecular weight excluding hydrogens is 250 g/mol. The van der Waals surface area contributed by atoms with Crippen molar-refractivity contribution in [1.82, 2.24) is 4.90 Å². The molecule has 20 heavy (non-hydrogen) atoms. The second kappa shape index (κ2) is 7.12. The van der Waals surface area contributed by atoms with E-state index in [-0.39, 0.29) is 18.1 Å². The molecule has 2 unspecified atom stereocenters. The first-order valence-electron chi connectivity index (χ1n) is 7.21. The van der Waals surface area contributed by atoms with Gasteiger partial charge in [-0.25, -0.2) is 0 Å². The van der Waals surface area contributed by atoms with E-state index in [1.807, 2.05) is 44.2 Å². The van der Waals surface area contributed by atoms with E-state index in [0.29, 0.717) is 6.61 Å². The highest BCUT2D eigenvalue weighted by atomic mass is 16.5. The third-order valence-electron chi connectivity index (χ3n) is 3.58. The van der Waals surface area contributed by atoms with Crippen LogP contribution in [0.4, 0.5) is 0 Å². The molecule has 0 radical (unpaired) electrons. The summed E-state index contributed by atoms with van der Waals surface area (Å²) in [6.45, 7) is 5.08. The maximum atomic E-state index is 11.8. The van der Waals surface area contributed by atoms with E-state index >= 15 is 0 Å². The van der Waals surface area contributed by atoms with E-state index in [4.69, 9.17) is 4.74 Å². The van der Waals surface area contributed by atoms with Gasteiger partial charge < -0.3 is 4.74 Å². The van der Waals surface area contributed by atoms with Crippen molar-refractivity contribution in [3.8, 4) is 11.8 Å². The molecule has 3 heteroatoms. The van der Waals surface area contributed by atoms with Crippen molar-refractivity contribution in [2.75, 3.05) is 13.2 Å². The minimum absolute atomic E-state index is 0.148. The second-order valence-corrected chi connectivity index (χ2v) is 4.96. The van der Waals surface area contributed by atoms with E-state index < -0.39 is 0 Å². The molecule has 1 saturated heterocycles. The van der Waals surface area contributed by atoms with E-state index in [9.17, 15) is 4.79 Å². The van der Waals surface area contributed by atoms with E-state index in [0.717, 1.165) is 24.9 Å². The number of ether oxygens (including phenoxy) is 1. The Bertz CT molecular complexity index is 501. The first-order chi connectivity index (χ1) is 9.72. The van der Waals surface area contributed by atoms with Crippen LogP contribution >= 0.6 is 0 Å². The molecule has 3 nitrogen and oxygen atoms in total. The second-order valence-electron chi connectivity index (χ2n) is 4.96. The maximum Gasteiger partial charge on any atom is 0.323 e. The molecule has 1 heterocycles. The van der Waals surface area contributed by atoms with Crippen molar-refractivity contribution in [1.29, 1.82) is 0 Å². The highest BCUT2D eigenvalue weighted by molar-refractivity contribution is 5.75. The van der Waals surface area contributed by atoms with Crippen LogP contribution in [0, 0.1) is 11.8 Å². The van der Waals surface area contributed by atoms with Crippen LogP contribution in [0.3, 0.4) is 0 Å². The predicted octanol–water partition coefficient (Wildman–Crippen LogP) is 2.45. The number of carbonyl (C=O) groups excluding carboxylic acids is 1. The van der Waals surface area contributed by atoms with Gasteiger partial charge in [0.1, 0.15) is 6.04 Å². The SMILES string of the molecule is CCOC(=O)C(C)N1CCCC1C#Cc1ccccc1. The first kappa shape index (κ1) is 14.6. The van der Waals surface area contributed by atoms with Crippen LogP contribution in [0.15, 0.2) is 30.3 Å². The Morgan fingerprint density at radius 3 is 2.90 bits per heavy atom. The molecule has 0 aromatic heterocycles. The normalized spacial score (nSPS) is 20.0.